The molecule has 1 unspecified atom stereocenters. The van der Waals surface area contributed by atoms with Crippen molar-refractivity contribution < 1.29 is 9.58 Å². The molecule has 0 radical (unpaired) electrons. The molecule has 1 aliphatic rings. The number of hydrogen-bond donors (Lipinski definition) is 0. The fraction of sp³-hybridized carbons (Fsp3) is 0.400. The van der Waals surface area contributed by atoms with Gasteiger partial charge in [-0.3, -0.25) is 4.79 Å². The maximum atomic E-state index is 12.4. The van der Waals surface area contributed by atoms with Crippen LogP contribution in [0.3, 0.4) is 0 Å². The van der Waals surface area contributed by atoms with Crippen molar-refractivity contribution in [2.24, 2.45) is 0 Å². The van der Waals surface area contributed by atoms with Gasteiger partial charge in [-0.05, 0) is 12.0 Å². The van der Waals surface area contributed by atoms with E-state index < -0.39 is 5.41 Å². The summed E-state index contributed by atoms with van der Waals surface area (Å²) in [7, 11) is 0. The van der Waals surface area contributed by atoms with Gasteiger partial charge >= 0.3 is 0 Å². The molecule has 1 atom stereocenters. The summed E-state index contributed by atoms with van der Waals surface area (Å²) >= 11 is 0. The molecule has 1 aromatic carbocycles. The van der Waals surface area contributed by atoms with Crippen molar-refractivity contribution in [3.05, 3.63) is 41.4 Å². The topological polar surface area (TPSA) is 77.3 Å². The molecule has 0 amide bonds. The molecule has 1 saturated carbocycles. The SMILES string of the molecule is N#CCCC1(c2ccccc2)CC(=[N+]=[N-])CCC1=O. The number of nitriles is 1. The predicted octanol–water partition coefficient (Wildman–Crippen LogP) is 2.65. The summed E-state index contributed by atoms with van der Waals surface area (Å²) in [5.74, 6) is 0.140. The highest BCUT2D eigenvalue weighted by molar-refractivity contribution is 6.01. The Morgan fingerprint density at radius 2 is 2.05 bits per heavy atom. The van der Waals surface area contributed by atoms with Gasteiger partial charge in [0.2, 0.25) is 0 Å². The van der Waals surface area contributed by atoms with E-state index >= 15 is 0 Å². The lowest BCUT2D eigenvalue weighted by Crippen LogP contribution is -2.42. The zero-order chi connectivity index (χ0) is 13.7. The first-order valence-corrected chi connectivity index (χ1v) is 6.38. The molecule has 0 N–H and O–H groups in total. The molecule has 0 saturated heterocycles. The highest BCUT2D eigenvalue weighted by Crippen LogP contribution is 2.39. The Morgan fingerprint density at radius 3 is 2.68 bits per heavy atom. The number of rotatable bonds is 3. The van der Waals surface area contributed by atoms with Crippen LogP contribution in [0.4, 0.5) is 0 Å². The molecule has 0 aliphatic heterocycles. The molecule has 1 aliphatic carbocycles. The quantitative estimate of drug-likeness (QED) is 0.613. The third kappa shape index (κ3) is 2.47. The van der Waals surface area contributed by atoms with E-state index in [4.69, 9.17) is 10.8 Å². The van der Waals surface area contributed by atoms with Crippen LogP contribution in [0.1, 0.15) is 37.7 Å². The average molecular weight is 253 g/mol. The van der Waals surface area contributed by atoms with Crippen LogP contribution < -0.4 is 0 Å². The van der Waals surface area contributed by atoms with Gasteiger partial charge in [-0.2, -0.15) is 10.1 Å². The third-order valence-electron chi connectivity index (χ3n) is 3.81. The van der Waals surface area contributed by atoms with Crippen LogP contribution in [0.2, 0.25) is 0 Å². The van der Waals surface area contributed by atoms with Gasteiger partial charge in [-0.15, -0.1) is 0 Å². The molecule has 4 nitrogen and oxygen atoms in total. The maximum absolute atomic E-state index is 12.4. The largest absolute Gasteiger partial charge is 0.362 e. The van der Waals surface area contributed by atoms with Crippen LogP contribution in [0.15, 0.2) is 30.3 Å². The standard InChI is InChI=1S/C15H15N3O/c16-10-4-9-15(12-5-2-1-3-6-12)11-13(18-17)7-8-14(15)19/h1-3,5-6H,4,7-9,11H2. The van der Waals surface area contributed by atoms with E-state index in [1.165, 1.54) is 0 Å². The smallest absolute Gasteiger partial charge is 0.270 e. The lowest BCUT2D eigenvalue weighted by atomic mass is 9.65. The van der Waals surface area contributed by atoms with Gasteiger partial charge in [0, 0.05) is 12.8 Å². The normalized spacial score (nSPS) is 22.7. The number of carbonyl (C=O) groups is 1. The van der Waals surface area contributed by atoms with E-state index in [0.29, 0.717) is 37.8 Å². The molecular formula is C15H15N3O. The predicted molar refractivity (Wildman–Crippen MR) is 70.5 cm³/mol. The lowest BCUT2D eigenvalue weighted by Gasteiger charge is -2.33. The van der Waals surface area contributed by atoms with Crippen molar-refractivity contribution in [3.8, 4) is 6.07 Å². The van der Waals surface area contributed by atoms with Crippen LogP contribution in [-0.2, 0) is 10.2 Å². The molecule has 2 rings (SSSR count). The van der Waals surface area contributed by atoms with E-state index in [0.717, 1.165) is 5.56 Å². The van der Waals surface area contributed by atoms with Crippen molar-refractivity contribution in [2.45, 2.75) is 37.5 Å². The first-order chi connectivity index (χ1) is 9.23. The van der Waals surface area contributed by atoms with Gasteiger partial charge in [-0.1, -0.05) is 30.3 Å². The van der Waals surface area contributed by atoms with Crippen LogP contribution in [-0.4, -0.2) is 16.3 Å². The van der Waals surface area contributed by atoms with Crippen LogP contribution in [0, 0.1) is 11.3 Å². The van der Waals surface area contributed by atoms with E-state index in [2.05, 4.69) is 10.9 Å². The summed E-state index contributed by atoms with van der Waals surface area (Å²) < 4.78 is 0. The number of hydrogen-bond acceptors (Lipinski definition) is 2. The fourth-order valence-electron chi connectivity index (χ4n) is 2.78. The molecule has 1 fully saturated rings. The molecule has 19 heavy (non-hydrogen) atoms. The Bertz CT molecular complexity index is 567. The minimum atomic E-state index is -0.698. The highest BCUT2D eigenvalue weighted by Gasteiger charge is 2.45. The van der Waals surface area contributed by atoms with E-state index in [1.807, 2.05) is 30.3 Å². The zero-order valence-corrected chi connectivity index (χ0v) is 10.7. The maximum Gasteiger partial charge on any atom is 0.270 e. The van der Waals surface area contributed by atoms with Crippen LogP contribution in [0.5, 0.6) is 0 Å². The third-order valence-corrected chi connectivity index (χ3v) is 3.81. The second-order valence-electron chi connectivity index (χ2n) is 4.87. The van der Waals surface area contributed by atoms with Crippen LogP contribution >= 0.6 is 0 Å². The molecule has 4 heteroatoms. The van der Waals surface area contributed by atoms with Crippen LogP contribution in [0.25, 0.3) is 5.53 Å². The van der Waals surface area contributed by atoms with Gasteiger partial charge in [0.05, 0.1) is 24.3 Å². The zero-order valence-electron chi connectivity index (χ0n) is 10.7. The van der Waals surface area contributed by atoms with Gasteiger partial charge in [0.1, 0.15) is 5.78 Å². The number of Topliss-reactive ketones (excluding diaryl/α,β-unsaturated/α-hetero) is 1. The molecule has 96 valence electrons. The summed E-state index contributed by atoms with van der Waals surface area (Å²) in [6.07, 6.45) is 2.09. The Hall–Kier alpha value is -2.24. The van der Waals surface area contributed by atoms with Crippen molar-refractivity contribution in [1.29, 1.82) is 5.26 Å². The summed E-state index contributed by atoms with van der Waals surface area (Å²) in [6.45, 7) is 0. The number of nitrogens with zero attached hydrogens (tertiary/aromatic N) is 3. The van der Waals surface area contributed by atoms with E-state index in [-0.39, 0.29) is 5.78 Å². The summed E-state index contributed by atoms with van der Waals surface area (Å²) in [4.78, 5) is 15.7. The number of benzene rings is 1. The second-order valence-corrected chi connectivity index (χ2v) is 4.87. The molecule has 0 heterocycles. The number of ketones is 1. The average Bonchev–Trinajstić information content (AvgIpc) is 2.47. The number of carbonyl (C=O) groups excluding carboxylic acids is 1. The summed E-state index contributed by atoms with van der Waals surface area (Å²) in [6, 6.07) is 11.6. The Kier molecular flexibility index (Phi) is 3.89. The molecule has 0 bridgehead atoms. The first-order valence-electron chi connectivity index (χ1n) is 6.38. The van der Waals surface area contributed by atoms with Crippen molar-refractivity contribution >= 4 is 11.5 Å². The van der Waals surface area contributed by atoms with Gasteiger partial charge in [-0.25, -0.2) is 0 Å². The molecular weight excluding hydrogens is 238 g/mol. The Balaban J connectivity index is 2.47. The van der Waals surface area contributed by atoms with Gasteiger partial charge in [0.25, 0.3) is 5.71 Å². The van der Waals surface area contributed by atoms with Crippen molar-refractivity contribution in [1.82, 2.24) is 0 Å². The Labute approximate surface area is 112 Å². The van der Waals surface area contributed by atoms with E-state index in [1.54, 1.807) is 0 Å². The van der Waals surface area contributed by atoms with Gasteiger partial charge in [0.15, 0.2) is 0 Å². The Morgan fingerprint density at radius 1 is 1.32 bits per heavy atom. The minimum absolute atomic E-state index is 0.140. The van der Waals surface area contributed by atoms with Crippen molar-refractivity contribution in [2.75, 3.05) is 0 Å². The first kappa shape index (κ1) is 13.2. The van der Waals surface area contributed by atoms with Crippen molar-refractivity contribution in [3.63, 3.8) is 0 Å². The second kappa shape index (κ2) is 5.60. The fourth-order valence-corrected chi connectivity index (χ4v) is 2.78. The molecule has 1 aromatic rings. The summed E-state index contributed by atoms with van der Waals surface area (Å²) in [5, 5.41) is 8.83. The van der Waals surface area contributed by atoms with Gasteiger partial charge < -0.3 is 5.53 Å². The molecule has 0 spiro atoms. The minimum Gasteiger partial charge on any atom is -0.362 e. The van der Waals surface area contributed by atoms with E-state index in [9.17, 15) is 4.79 Å². The summed E-state index contributed by atoms with van der Waals surface area (Å²) in [5.41, 5.74) is 9.85. The lowest BCUT2D eigenvalue weighted by molar-refractivity contribution is -0.126. The monoisotopic (exact) mass is 253 g/mol. The molecule has 0 aromatic heterocycles. The highest BCUT2D eigenvalue weighted by atomic mass is 16.1.